The number of amides is 2. The first-order chi connectivity index (χ1) is 15.3. The van der Waals surface area contributed by atoms with Crippen molar-refractivity contribution in [1.82, 2.24) is 15.8 Å². The molecule has 0 bridgehead atoms. The summed E-state index contributed by atoms with van der Waals surface area (Å²) in [7, 11) is -3.97. The predicted octanol–water partition coefficient (Wildman–Crippen LogP) is 3.01. The zero-order valence-corrected chi connectivity index (χ0v) is 18.4. The van der Waals surface area contributed by atoms with Crippen LogP contribution in [0.3, 0.4) is 0 Å². The lowest BCUT2D eigenvalue weighted by molar-refractivity contribution is 0.0844. The Kier molecular flexibility index (Phi) is 7.29. The molecule has 0 atom stereocenters. The summed E-state index contributed by atoms with van der Waals surface area (Å²) in [5.41, 5.74) is 4.95. The maximum atomic E-state index is 12.7. The summed E-state index contributed by atoms with van der Waals surface area (Å²) >= 11 is 5.88. The van der Waals surface area contributed by atoms with Crippen LogP contribution in [0.25, 0.3) is 0 Å². The van der Waals surface area contributed by atoms with Crippen LogP contribution in [0.5, 0.6) is 5.88 Å². The second-order valence-corrected chi connectivity index (χ2v) is 8.46. The van der Waals surface area contributed by atoms with E-state index < -0.39 is 21.8 Å². The van der Waals surface area contributed by atoms with Gasteiger partial charge >= 0.3 is 0 Å². The van der Waals surface area contributed by atoms with E-state index in [0.717, 1.165) is 0 Å². The Morgan fingerprint density at radius 1 is 1.00 bits per heavy atom. The monoisotopic (exact) mass is 474 g/mol. The first kappa shape index (κ1) is 23.0. The molecule has 0 aliphatic heterocycles. The number of aromatic nitrogens is 1. The summed E-state index contributed by atoms with van der Waals surface area (Å²) in [5.74, 6) is -1.22. The first-order valence-electron chi connectivity index (χ1n) is 9.37. The van der Waals surface area contributed by atoms with Gasteiger partial charge in [0.2, 0.25) is 5.88 Å². The van der Waals surface area contributed by atoms with E-state index in [1.165, 1.54) is 42.6 Å². The van der Waals surface area contributed by atoms with Crippen LogP contribution < -0.4 is 20.3 Å². The lowest BCUT2D eigenvalue weighted by Gasteiger charge is -2.11. The molecule has 9 nitrogen and oxygen atoms in total. The highest BCUT2D eigenvalue weighted by molar-refractivity contribution is 7.92. The number of hydrazine groups is 1. The van der Waals surface area contributed by atoms with E-state index in [9.17, 15) is 18.0 Å². The summed E-state index contributed by atoms with van der Waals surface area (Å²) < 4.78 is 33.0. The van der Waals surface area contributed by atoms with Gasteiger partial charge in [-0.25, -0.2) is 13.4 Å². The number of carbonyl (C=O) groups is 2. The molecule has 0 unspecified atom stereocenters. The van der Waals surface area contributed by atoms with Crippen molar-refractivity contribution < 1.29 is 22.7 Å². The Bertz CT molecular complexity index is 1250. The lowest BCUT2D eigenvalue weighted by atomic mass is 10.2. The Balaban J connectivity index is 1.71. The average molecular weight is 475 g/mol. The van der Waals surface area contributed by atoms with Gasteiger partial charge in [0, 0.05) is 16.8 Å². The van der Waals surface area contributed by atoms with Gasteiger partial charge in [-0.05, 0) is 55.5 Å². The Labute approximate surface area is 189 Å². The van der Waals surface area contributed by atoms with E-state index in [2.05, 4.69) is 20.6 Å². The molecule has 0 saturated heterocycles. The molecule has 1 aromatic heterocycles. The number of ether oxygens (including phenoxy) is 1. The molecule has 0 aliphatic rings. The molecule has 3 aromatic rings. The number of halogens is 1. The van der Waals surface area contributed by atoms with Gasteiger partial charge in [0.15, 0.2) is 0 Å². The molecule has 3 rings (SSSR count). The summed E-state index contributed by atoms with van der Waals surface area (Å²) in [6, 6.07) is 14.6. The minimum atomic E-state index is -3.97. The van der Waals surface area contributed by atoms with Crippen molar-refractivity contribution in [3.05, 3.63) is 83.0 Å². The smallest absolute Gasteiger partial charge is 0.275 e. The van der Waals surface area contributed by atoms with Crippen molar-refractivity contribution in [3.63, 3.8) is 0 Å². The van der Waals surface area contributed by atoms with E-state index in [-0.39, 0.29) is 27.6 Å². The number of nitrogens with zero attached hydrogens (tertiary/aromatic N) is 1. The van der Waals surface area contributed by atoms with Gasteiger partial charge < -0.3 is 4.74 Å². The summed E-state index contributed by atoms with van der Waals surface area (Å²) in [5, 5.41) is 0.371. The van der Waals surface area contributed by atoms with Gasteiger partial charge in [0.25, 0.3) is 21.8 Å². The molecule has 2 amide bonds. The largest absolute Gasteiger partial charge is 0.477 e. The molecule has 0 spiro atoms. The van der Waals surface area contributed by atoms with E-state index in [4.69, 9.17) is 16.3 Å². The third-order valence-electron chi connectivity index (χ3n) is 4.07. The summed E-state index contributed by atoms with van der Waals surface area (Å²) in [4.78, 5) is 28.7. The maximum Gasteiger partial charge on any atom is 0.275 e. The Morgan fingerprint density at radius 3 is 2.50 bits per heavy atom. The maximum absolute atomic E-state index is 12.7. The highest BCUT2D eigenvalue weighted by atomic mass is 35.5. The number of hydrogen-bond donors (Lipinski definition) is 3. The fourth-order valence-corrected chi connectivity index (χ4v) is 3.92. The van der Waals surface area contributed by atoms with Crippen LogP contribution in [0.2, 0.25) is 5.02 Å². The number of hydrogen-bond acceptors (Lipinski definition) is 6. The topological polar surface area (TPSA) is 126 Å². The minimum absolute atomic E-state index is 0.0236. The zero-order valence-electron chi connectivity index (χ0n) is 16.8. The SMILES string of the molecule is CCOc1ncccc1C(=O)NNC(=O)c1cccc(S(=O)(=O)Nc2cccc(Cl)c2)c1. The molecule has 2 aromatic carbocycles. The van der Waals surface area contributed by atoms with Gasteiger partial charge in [-0.3, -0.25) is 25.2 Å². The number of sulfonamides is 1. The van der Waals surface area contributed by atoms with E-state index in [0.29, 0.717) is 11.6 Å². The van der Waals surface area contributed by atoms with Crippen molar-refractivity contribution in [2.24, 2.45) is 0 Å². The van der Waals surface area contributed by atoms with Gasteiger partial charge in [-0.1, -0.05) is 23.7 Å². The highest BCUT2D eigenvalue weighted by Crippen LogP contribution is 2.20. The molecule has 32 heavy (non-hydrogen) atoms. The standard InChI is InChI=1S/C21H19ClN4O5S/c1-2-31-21-18(10-5-11-23-21)20(28)25-24-19(27)14-6-3-9-17(12-14)32(29,30)26-16-8-4-7-15(22)13-16/h3-13,26H,2H2,1H3,(H,24,27)(H,25,28). The Morgan fingerprint density at radius 2 is 1.75 bits per heavy atom. The van der Waals surface area contributed by atoms with Crippen molar-refractivity contribution in [1.29, 1.82) is 0 Å². The van der Waals surface area contributed by atoms with Crippen LogP contribution in [0, 0.1) is 0 Å². The molecule has 166 valence electrons. The number of benzene rings is 2. The van der Waals surface area contributed by atoms with E-state index in [1.54, 1.807) is 31.2 Å². The van der Waals surface area contributed by atoms with Crippen LogP contribution in [0.1, 0.15) is 27.6 Å². The molecule has 0 aliphatic carbocycles. The summed E-state index contributed by atoms with van der Waals surface area (Å²) in [6.45, 7) is 2.06. The van der Waals surface area contributed by atoms with Crippen LogP contribution in [0.4, 0.5) is 5.69 Å². The molecular formula is C21H19ClN4O5S. The predicted molar refractivity (Wildman–Crippen MR) is 119 cm³/mol. The highest BCUT2D eigenvalue weighted by Gasteiger charge is 2.18. The number of pyridine rings is 1. The molecule has 1 heterocycles. The van der Waals surface area contributed by atoms with Crippen LogP contribution in [0.15, 0.2) is 71.8 Å². The normalized spacial score (nSPS) is 10.8. The quantitative estimate of drug-likeness (QED) is 0.452. The third kappa shape index (κ3) is 5.74. The van der Waals surface area contributed by atoms with Crippen LogP contribution in [-0.2, 0) is 10.0 Å². The van der Waals surface area contributed by atoms with Crippen molar-refractivity contribution in [2.75, 3.05) is 11.3 Å². The van der Waals surface area contributed by atoms with E-state index >= 15 is 0 Å². The fourth-order valence-electron chi connectivity index (χ4n) is 2.64. The number of nitrogens with one attached hydrogen (secondary N) is 3. The minimum Gasteiger partial charge on any atom is -0.477 e. The van der Waals surface area contributed by atoms with Gasteiger partial charge in [-0.15, -0.1) is 0 Å². The molecule has 3 N–H and O–H groups in total. The number of carbonyl (C=O) groups excluding carboxylic acids is 2. The number of anilines is 1. The molecule has 0 fully saturated rings. The van der Waals surface area contributed by atoms with Crippen LogP contribution in [-0.4, -0.2) is 31.8 Å². The first-order valence-corrected chi connectivity index (χ1v) is 11.2. The molecular weight excluding hydrogens is 456 g/mol. The van der Waals surface area contributed by atoms with Crippen LogP contribution >= 0.6 is 11.6 Å². The van der Waals surface area contributed by atoms with Crippen molar-refractivity contribution in [3.8, 4) is 5.88 Å². The van der Waals surface area contributed by atoms with Gasteiger partial charge in [-0.2, -0.15) is 0 Å². The lowest BCUT2D eigenvalue weighted by Crippen LogP contribution is -2.41. The molecule has 0 radical (unpaired) electrons. The zero-order chi connectivity index (χ0) is 23.1. The third-order valence-corrected chi connectivity index (χ3v) is 5.68. The second kappa shape index (κ2) is 10.1. The van der Waals surface area contributed by atoms with E-state index in [1.807, 2.05) is 0 Å². The summed E-state index contributed by atoms with van der Waals surface area (Å²) in [6.07, 6.45) is 1.48. The Hall–Kier alpha value is -3.63. The second-order valence-electron chi connectivity index (χ2n) is 6.34. The molecule has 0 saturated carbocycles. The van der Waals surface area contributed by atoms with Crippen molar-refractivity contribution >= 4 is 39.1 Å². The van der Waals surface area contributed by atoms with Gasteiger partial charge in [0.1, 0.15) is 5.56 Å². The molecule has 11 heteroatoms. The van der Waals surface area contributed by atoms with Gasteiger partial charge in [0.05, 0.1) is 17.2 Å². The van der Waals surface area contributed by atoms with Crippen molar-refractivity contribution in [2.45, 2.75) is 11.8 Å². The number of rotatable bonds is 7. The fraction of sp³-hybridized carbons (Fsp3) is 0.0952. The average Bonchev–Trinajstić information content (AvgIpc) is 2.77.